The Morgan fingerprint density at radius 3 is 1.13 bits per heavy atom. The van der Waals surface area contributed by atoms with Crippen LogP contribution < -0.4 is 0 Å². The molecule has 62 heavy (non-hydrogen) atoms. The summed E-state index contributed by atoms with van der Waals surface area (Å²) in [6.07, 6.45) is 0.396. The Morgan fingerprint density at radius 1 is 0.403 bits per heavy atom. The van der Waals surface area contributed by atoms with Gasteiger partial charge in [-0.15, -0.1) is 0 Å². The second-order valence-electron chi connectivity index (χ2n) is 12.9. The van der Waals surface area contributed by atoms with E-state index in [0.29, 0.717) is 36.4 Å². The highest BCUT2D eigenvalue weighted by molar-refractivity contribution is 6.03. The van der Waals surface area contributed by atoms with Crippen LogP contribution in [0.3, 0.4) is 0 Å². The fourth-order valence-corrected chi connectivity index (χ4v) is 6.82. The second-order valence-corrected chi connectivity index (χ2v) is 12.9. The third-order valence-electron chi connectivity index (χ3n) is 9.53. The molecule has 0 aliphatic carbocycles. The minimum absolute atomic E-state index is 0.396. The van der Waals surface area contributed by atoms with E-state index in [1.165, 1.54) is 0 Å². The molecule has 316 valence electrons. The van der Waals surface area contributed by atoms with E-state index in [0.717, 1.165) is 0 Å². The van der Waals surface area contributed by atoms with Crippen molar-refractivity contribution in [2.75, 3.05) is 0 Å². The number of hydrogen-bond acceptors (Lipinski definition) is 5. The predicted molar refractivity (Wildman–Crippen MR) is 183 cm³/mol. The van der Waals surface area contributed by atoms with E-state index in [-0.39, 0.29) is 0 Å². The Bertz CT molecular complexity index is 3310. The van der Waals surface area contributed by atoms with Crippen LogP contribution in [0, 0.1) is 107 Å². The lowest BCUT2D eigenvalue weighted by atomic mass is 10.0. The van der Waals surface area contributed by atoms with Gasteiger partial charge in [0.15, 0.2) is 75.5 Å². The maximum absolute atomic E-state index is 15.7. The molecule has 0 spiro atoms. The van der Waals surface area contributed by atoms with Gasteiger partial charge in [-0.1, -0.05) is 0 Å². The number of rotatable bonds is 5. The van der Waals surface area contributed by atoms with Gasteiger partial charge >= 0.3 is 0 Å². The SMILES string of the molecule is O=[N+]([O-])C1=Cc2nc1c(-c1c(F)c(F)c(F)c(F)c1F)c1ccc([nH]1)c(-c1c(F)c(F)c(F)c(F)c1F)c1ccc([nH]1)c(-c1c(F)c(F)c(F)c(F)c1F)c1[nH]c2cc1[N+](=O)[O-]. The van der Waals surface area contributed by atoms with Gasteiger partial charge in [0.2, 0.25) is 17.5 Å². The number of nitrogens with one attached hydrogen (secondary N) is 3. The number of nitrogens with zero attached hydrogens (tertiary/aromatic N) is 3. The van der Waals surface area contributed by atoms with Crippen molar-refractivity contribution in [2.45, 2.75) is 0 Å². The first-order valence-corrected chi connectivity index (χ1v) is 16.4. The maximum Gasteiger partial charge on any atom is 0.297 e. The van der Waals surface area contributed by atoms with Crippen LogP contribution in [0.25, 0.3) is 78.3 Å². The Kier molecular flexibility index (Phi) is 9.32. The highest BCUT2D eigenvalue weighted by Crippen LogP contribution is 2.44. The molecule has 0 amide bonds. The zero-order chi connectivity index (χ0) is 45.1. The van der Waals surface area contributed by atoms with E-state index in [1.54, 1.807) is 0 Å². The second kappa shape index (κ2) is 14.1. The molecule has 0 atom stereocenters. The molecule has 7 aromatic rings. The molecule has 0 radical (unpaired) electrons. The molecule has 0 fully saturated rings. The van der Waals surface area contributed by atoms with Gasteiger partial charge < -0.3 is 15.0 Å². The number of benzene rings is 3. The van der Waals surface area contributed by atoms with Crippen molar-refractivity contribution in [1.29, 1.82) is 0 Å². The minimum atomic E-state index is -2.73. The summed E-state index contributed by atoms with van der Waals surface area (Å²) in [5, 5.41) is 25.0. The van der Waals surface area contributed by atoms with Gasteiger partial charge in [-0.25, -0.2) is 70.8 Å². The largest absolute Gasteiger partial charge is 0.354 e. The maximum atomic E-state index is 15.7. The smallest absolute Gasteiger partial charge is 0.297 e. The van der Waals surface area contributed by atoms with Crippen molar-refractivity contribution in [1.82, 2.24) is 19.9 Å². The molecule has 10 nitrogen and oxygen atoms in total. The number of H-pyrrole nitrogens is 3. The molecule has 25 heteroatoms. The Balaban J connectivity index is 1.74. The summed E-state index contributed by atoms with van der Waals surface area (Å²) in [7, 11) is 0. The zero-order valence-electron chi connectivity index (χ0n) is 29.1. The van der Waals surface area contributed by atoms with Gasteiger partial charge in [0, 0.05) is 50.9 Å². The topological polar surface area (TPSA) is 147 Å². The Morgan fingerprint density at radius 2 is 0.742 bits per heavy atom. The highest BCUT2D eigenvalue weighted by Gasteiger charge is 2.36. The van der Waals surface area contributed by atoms with Crippen LogP contribution in [0.15, 0.2) is 30.3 Å². The van der Waals surface area contributed by atoms with E-state index in [2.05, 4.69) is 19.9 Å². The van der Waals surface area contributed by atoms with Crippen molar-refractivity contribution in [3.05, 3.63) is 149 Å². The van der Waals surface area contributed by atoms with Crippen LogP contribution in [0.2, 0.25) is 0 Å². The lowest BCUT2D eigenvalue weighted by Gasteiger charge is -2.11. The molecule has 5 heterocycles. The summed E-state index contributed by atoms with van der Waals surface area (Å²) in [6.45, 7) is 0. The minimum Gasteiger partial charge on any atom is -0.354 e. The molecule has 1 aliphatic rings. The van der Waals surface area contributed by atoms with E-state index < -0.39 is 186 Å². The van der Waals surface area contributed by atoms with Crippen LogP contribution in [0.1, 0.15) is 11.4 Å². The average molecular weight is 886 g/mol. The lowest BCUT2D eigenvalue weighted by molar-refractivity contribution is -0.382. The first-order chi connectivity index (χ1) is 29.2. The monoisotopic (exact) mass is 886 g/mol. The molecular weight excluding hydrogens is 877 g/mol. The number of aromatic amines is 3. The summed E-state index contributed by atoms with van der Waals surface area (Å²) in [4.78, 5) is 32.7. The summed E-state index contributed by atoms with van der Waals surface area (Å²) in [5.74, 6) is -39.8. The third-order valence-corrected chi connectivity index (χ3v) is 9.53. The predicted octanol–water partition coefficient (Wildman–Crippen LogP) is 11.3. The fourth-order valence-electron chi connectivity index (χ4n) is 6.82. The first kappa shape index (κ1) is 40.9. The van der Waals surface area contributed by atoms with Crippen LogP contribution in [0.4, 0.5) is 71.5 Å². The molecule has 3 aromatic carbocycles. The van der Waals surface area contributed by atoms with E-state index in [4.69, 9.17) is 0 Å². The molecule has 0 saturated carbocycles. The van der Waals surface area contributed by atoms with Crippen molar-refractivity contribution in [3.8, 4) is 33.4 Å². The third kappa shape index (κ3) is 5.74. The van der Waals surface area contributed by atoms with Crippen molar-refractivity contribution < 1.29 is 75.7 Å². The number of aromatic nitrogens is 4. The zero-order valence-corrected chi connectivity index (χ0v) is 29.1. The molecule has 1 aliphatic heterocycles. The van der Waals surface area contributed by atoms with Crippen LogP contribution in [0.5, 0.6) is 0 Å². The Hall–Kier alpha value is -7.86. The van der Waals surface area contributed by atoms with Gasteiger partial charge in [0.05, 0.1) is 37.7 Å². The summed E-state index contributed by atoms with van der Waals surface area (Å²) in [5.41, 5.74) is -20.7. The molecule has 8 bridgehead atoms. The number of fused-ring (bicyclic) bond motifs is 9. The quantitative estimate of drug-likeness (QED) is 0.0518. The summed E-state index contributed by atoms with van der Waals surface area (Å²) >= 11 is 0. The normalized spacial score (nSPS) is 12.1. The standard InChI is InChI=1S/C37H9F15N6O4/c38-21-18(22(39)28(45)33(50)27(21)44)15-7-1-3-9(53-7)16(19-23(40)29(46)34(51)30(47)24(19)41)36-13(57(59)60)5-11(55-36)12-6-14(58(61)62)37(56-12)17(10-4-2-8(15)54-10)20-25(42)31(48)35(52)32(49)26(20)43/h1-6,53-55H. The number of hydrogen-bond donors (Lipinski definition) is 3. The van der Waals surface area contributed by atoms with Gasteiger partial charge in [-0.05, 0) is 24.3 Å². The molecule has 3 N–H and O–H groups in total. The van der Waals surface area contributed by atoms with E-state index in [1.807, 2.05) is 0 Å². The first-order valence-electron chi connectivity index (χ1n) is 16.4. The molecule has 4 aromatic heterocycles. The Labute approximate surface area is 328 Å². The van der Waals surface area contributed by atoms with Crippen LogP contribution in [-0.4, -0.2) is 29.8 Å². The van der Waals surface area contributed by atoms with Crippen molar-refractivity contribution in [3.63, 3.8) is 0 Å². The summed E-state index contributed by atoms with van der Waals surface area (Å²) in [6, 6.07) is 2.88. The number of halogens is 15. The van der Waals surface area contributed by atoms with Gasteiger partial charge in [0.1, 0.15) is 5.52 Å². The lowest BCUT2D eigenvalue weighted by Crippen LogP contribution is -2.07. The fraction of sp³-hybridized carbons (Fsp3) is 0. The van der Waals surface area contributed by atoms with E-state index >= 15 is 26.3 Å². The number of nitro groups is 2. The molecular formula is C37H9F15N6O4. The van der Waals surface area contributed by atoms with E-state index in [9.17, 15) is 59.7 Å². The van der Waals surface area contributed by atoms with Crippen molar-refractivity contribution in [2.24, 2.45) is 0 Å². The van der Waals surface area contributed by atoms with Gasteiger partial charge in [-0.3, -0.25) is 20.2 Å². The highest BCUT2D eigenvalue weighted by atomic mass is 19.2. The average Bonchev–Trinajstić information content (AvgIpc) is 4.08. The van der Waals surface area contributed by atoms with Crippen LogP contribution in [-0.2, 0) is 0 Å². The molecule has 8 rings (SSSR count). The van der Waals surface area contributed by atoms with Crippen molar-refractivity contribution >= 4 is 50.6 Å². The summed E-state index contributed by atoms with van der Waals surface area (Å²) < 4.78 is 226. The van der Waals surface area contributed by atoms with Gasteiger partial charge in [-0.2, -0.15) is 0 Å². The van der Waals surface area contributed by atoms with Gasteiger partial charge in [0.25, 0.3) is 11.4 Å². The molecule has 0 saturated heterocycles. The van der Waals surface area contributed by atoms with Crippen LogP contribution >= 0.6 is 0 Å². The molecule has 0 unspecified atom stereocenters.